The van der Waals surface area contributed by atoms with Gasteiger partial charge in [0.05, 0.1) is 27.3 Å². The first kappa shape index (κ1) is 23.6. The van der Waals surface area contributed by atoms with Gasteiger partial charge in [-0.25, -0.2) is 14.2 Å². The Morgan fingerprint density at radius 3 is 1.97 bits per heavy atom. The maximum Gasteiger partial charge on any atom is 0.355 e. The Morgan fingerprint density at radius 2 is 1.43 bits per heavy atom. The van der Waals surface area contributed by atoms with Gasteiger partial charge in [0.2, 0.25) is 5.95 Å². The van der Waals surface area contributed by atoms with E-state index in [-0.39, 0.29) is 25.6 Å². The second-order valence-corrected chi connectivity index (χ2v) is 7.79. The fourth-order valence-electron chi connectivity index (χ4n) is 3.56. The van der Waals surface area contributed by atoms with E-state index in [0.29, 0.717) is 21.8 Å². The van der Waals surface area contributed by atoms with E-state index in [9.17, 15) is 14.8 Å². The predicted octanol–water partition coefficient (Wildman–Crippen LogP) is 1.76. The zero-order valence-corrected chi connectivity index (χ0v) is 19.4. The number of aromatic nitrogens is 4. The molecule has 10 nitrogen and oxygen atoms in total. The summed E-state index contributed by atoms with van der Waals surface area (Å²) < 4.78 is 13.6. The van der Waals surface area contributed by atoms with Gasteiger partial charge in [-0.2, -0.15) is 9.71 Å². The summed E-state index contributed by atoms with van der Waals surface area (Å²) in [5.41, 5.74) is 1.07. The smallest absolute Gasteiger partial charge is 0.355 e. The number of rotatable bonds is 9. The van der Waals surface area contributed by atoms with Crippen LogP contribution in [0.1, 0.15) is 16.7 Å². The third kappa shape index (κ3) is 5.67. The van der Waals surface area contributed by atoms with Crippen molar-refractivity contribution < 1.29 is 14.2 Å². The van der Waals surface area contributed by atoms with Crippen molar-refractivity contribution in [2.24, 2.45) is 0 Å². The van der Waals surface area contributed by atoms with Gasteiger partial charge in [-0.3, -0.25) is 4.57 Å². The quantitative estimate of drug-likeness (QED) is 0.290. The largest absolute Gasteiger partial charge is 0.619 e. The topological polar surface area (TPSA) is 114 Å². The van der Waals surface area contributed by atoms with E-state index in [1.807, 2.05) is 12.1 Å². The molecule has 0 unspecified atom stereocenters. The van der Waals surface area contributed by atoms with E-state index in [2.05, 4.69) is 10.3 Å². The number of nitrogens with one attached hydrogen (secondary N) is 1. The van der Waals surface area contributed by atoms with Crippen LogP contribution in [0.4, 0.5) is 5.95 Å². The van der Waals surface area contributed by atoms with E-state index < -0.39 is 11.4 Å². The van der Waals surface area contributed by atoms with Crippen LogP contribution in [0, 0.1) is 5.21 Å². The Balaban J connectivity index is 1.70. The lowest BCUT2D eigenvalue weighted by Crippen LogP contribution is -2.43. The third-order valence-corrected chi connectivity index (χ3v) is 5.44. The van der Waals surface area contributed by atoms with Crippen LogP contribution in [0.2, 0.25) is 0 Å². The molecule has 4 rings (SSSR count). The fraction of sp³-hybridized carbons (Fsp3) is 0.200. The van der Waals surface area contributed by atoms with Crippen LogP contribution in [0.15, 0.2) is 82.6 Å². The van der Waals surface area contributed by atoms with Crippen LogP contribution in [0.5, 0.6) is 11.5 Å². The lowest BCUT2D eigenvalue weighted by Gasteiger charge is -2.16. The molecule has 0 atom stereocenters. The van der Waals surface area contributed by atoms with Crippen LogP contribution in [-0.4, -0.2) is 28.3 Å². The summed E-state index contributed by atoms with van der Waals surface area (Å²) in [6.45, 7) is 0.448. The molecule has 2 heterocycles. The highest BCUT2D eigenvalue weighted by molar-refractivity contribution is 5.31. The highest BCUT2D eigenvalue weighted by Gasteiger charge is 2.15. The van der Waals surface area contributed by atoms with Gasteiger partial charge in [0.15, 0.2) is 12.4 Å². The monoisotopic (exact) mass is 475 g/mol. The first-order chi connectivity index (χ1) is 17.0. The zero-order valence-electron chi connectivity index (χ0n) is 19.4. The Kier molecular flexibility index (Phi) is 7.10. The van der Waals surface area contributed by atoms with Gasteiger partial charge >= 0.3 is 11.4 Å². The highest BCUT2D eigenvalue weighted by Crippen LogP contribution is 2.14. The maximum atomic E-state index is 13.5. The zero-order chi connectivity index (χ0) is 24.8. The predicted molar refractivity (Wildman–Crippen MR) is 130 cm³/mol. The number of nitrogens with zero attached hydrogens (tertiary/aromatic N) is 4. The number of benzene rings is 2. The summed E-state index contributed by atoms with van der Waals surface area (Å²) in [5.74, 6) is 1.48. The van der Waals surface area contributed by atoms with Gasteiger partial charge in [0.1, 0.15) is 11.5 Å². The minimum Gasteiger partial charge on any atom is -0.619 e. The molecular weight excluding hydrogens is 450 g/mol. The van der Waals surface area contributed by atoms with E-state index in [1.54, 1.807) is 62.8 Å². The minimum atomic E-state index is -0.675. The van der Waals surface area contributed by atoms with E-state index in [0.717, 1.165) is 15.7 Å². The highest BCUT2D eigenvalue weighted by atomic mass is 16.5. The lowest BCUT2D eigenvalue weighted by molar-refractivity contribution is -0.605. The SMILES string of the molecule is COc1ccc(Cn2c(NCc3ccc[n+]([O-])c3)nc(=O)n(Cc3ccc(OC)cc3)c2=O)cc1. The van der Waals surface area contributed by atoms with Gasteiger partial charge in [-0.05, 0) is 41.5 Å². The summed E-state index contributed by atoms with van der Waals surface area (Å²) in [6, 6.07) is 17.8. The number of pyridine rings is 1. The molecule has 0 aliphatic heterocycles. The van der Waals surface area contributed by atoms with Crippen molar-refractivity contribution in [3.8, 4) is 11.5 Å². The van der Waals surface area contributed by atoms with Crippen molar-refractivity contribution in [1.82, 2.24) is 14.1 Å². The summed E-state index contributed by atoms with van der Waals surface area (Å²) in [6.07, 6.45) is 2.78. The van der Waals surface area contributed by atoms with Crippen molar-refractivity contribution in [1.29, 1.82) is 0 Å². The second kappa shape index (κ2) is 10.6. The van der Waals surface area contributed by atoms with Crippen molar-refractivity contribution in [3.63, 3.8) is 0 Å². The van der Waals surface area contributed by atoms with E-state index >= 15 is 0 Å². The molecule has 2 aromatic carbocycles. The summed E-state index contributed by atoms with van der Waals surface area (Å²) in [7, 11) is 3.15. The van der Waals surface area contributed by atoms with Crippen molar-refractivity contribution in [3.05, 3.63) is 116 Å². The molecule has 0 amide bonds. The summed E-state index contributed by atoms with van der Waals surface area (Å²) in [4.78, 5) is 30.5. The number of methoxy groups -OCH3 is 2. The van der Waals surface area contributed by atoms with Crippen molar-refractivity contribution in [2.75, 3.05) is 19.5 Å². The minimum absolute atomic E-state index is 0.0619. The molecule has 0 fully saturated rings. The average molecular weight is 476 g/mol. The van der Waals surface area contributed by atoms with E-state index in [1.165, 1.54) is 17.0 Å². The molecule has 4 aromatic rings. The Labute approximate surface area is 201 Å². The van der Waals surface area contributed by atoms with Gasteiger partial charge in [-0.1, -0.05) is 24.3 Å². The summed E-state index contributed by atoms with van der Waals surface area (Å²) in [5, 5.41) is 14.6. The molecule has 0 aliphatic rings. The van der Waals surface area contributed by atoms with Crippen molar-refractivity contribution >= 4 is 5.95 Å². The molecule has 180 valence electrons. The van der Waals surface area contributed by atoms with Crippen LogP contribution >= 0.6 is 0 Å². The first-order valence-corrected chi connectivity index (χ1v) is 10.9. The maximum absolute atomic E-state index is 13.5. The number of ether oxygens (including phenoxy) is 2. The summed E-state index contributed by atoms with van der Waals surface area (Å²) >= 11 is 0. The van der Waals surface area contributed by atoms with Gasteiger partial charge in [0.25, 0.3) is 0 Å². The van der Waals surface area contributed by atoms with Crippen LogP contribution in [0.3, 0.4) is 0 Å². The average Bonchev–Trinajstić information content (AvgIpc) is 2.88. The molecule has 0 spiro atoms. The fourth-order valence-corrected chi connectivity index (χ4v) is 3.56. The normalized spacial score (nSPS) is 10.7. The number of hydrogen-bond acceptors (Lipinski definition) is 7. The Morgan fingerprint density at radius 1 is 0.857 bits per heavy atom. The Hall–Kier alpha value is -4.60. The van der Waals surface area contributed by atoms with Gasteiger partial charge < -0.3 is 20.0 Å². The molecule has 1 N–H and O–H groups in total. The molecule has 0 saturated heterocycles. The molecule has 0 aliphatic carbocycles. The lowest BCUT2D eigenvalue weighted by atomic mass is 10.2. The van der Waals surface area contributed by atoms with Crippen LogP contribution in [-0.2, 0) is 19.6 Å². The molecule has 35 heavy (non-hydrogen) atoms. The van der Waals surface area contributed by atoms with Crippen molar-refractivity contribution in [2.45, 2.75) is 19.6 Å². The third-order valence-electron chi connectivity index (χ3n) is 5.44. The van der Waals surface area contributed by atoms with Gasteiger partial charge in [-0.15, -0.1) is 0 Å². The molecule has 2 aromatic heterocycles. The van der Waals surface area contributed by atoms with E-state index in [4.69, 9.17) is 9.47 Å². The van der Waals surface area contributed by atoms with Crippen LogP contribution < -0.4 is 30.9 Å². The molecule has 0 radical (unpaired) electrons. The molecule has 0 bridgehead atoms. The first-order valence-electron chi connectivity index (χ1n) is 10.9. The number of hydrogen-bond donors (Lipinski definition) is 1. The van der Waals surface area contributed by atoms with Crippen LogP contribution in [0.25, 0.3) is 0 Å². The standard InChI is InChI=1S/C25H25N5O5/c1-34-21-9-5-18(6-10-21)16-29-23(26-14-20-4-3-13-28(33)15-20)27-24(31)30(25(29)32)17-19-7-11-22(35-2)12-8-19/h3-13,15H,14,16-17H2,1-2H3,(H,26,27,31). The Bertz CT molecular complexity index is 1410. The molecule has 10 heteroatoms. The second-order valence-electron chi connectivity index (χ2n) is 7.79. The molecular formula is C25H25N5O5. The van der Waals surface area contributed by atoms with Gasteiger partial charge in [0, 0.05) is 18.2 Å². The number of anilines is 1. The molecule has 0 saturated carbocycles.